The van der Waals surface area contributed by atoms with Crippen molar-refractivity contribution in [3.8, 4) is 0 Å². The zero-order valence-electron chi connectivity index (χ0n) is 9.54. The van der Waals surface area contributed by atoms with Crippen LogP contribution in [0.1, 0.15) is 5.56 Å². The van der Waals surface area contributed by atoms with Gasteiger partial charge in [-0.3, -0.25) is 0 Å². The zero-order chi connectivity index (χ0) is 13.1. The highest BCUT2D eigenvalue weighted by Gasteiger charge is 2.10. The van der Waals surface area contributed by atoms with Gasteiger partial charge in [-0.1, -0.05) is 17.7 Å². The first-order chi connectivity index (χ1) is 8.63. The van der Waals surface area contributed by atoms with Gasteiger partial charge in [0.05, 0.1) is 10.7 Å². The summed E-state index contributed by atoms with van der Waals surface area (Å²) in [5, 5.41) is 2.90. The first kappa shape index (κ1) is 12.5. The predicted molar refractivity (Wildman–Crippen MR) is 69.3 cm³/mol. The topological polar surface area (TPSA) is 75.9 Å². The van der Waals surface area contributed by atoms with Crippen LogP contribution < -0.4 is 16.6 Å². The van der Waals surface area contributed by atoms with E-state index >= 15 is 0 Å². The Bertz CT molecular complexity index is 575. The van der Waals surface area contributed by atoms with Crippen LogP contribution >= 0.6 is 11.6 Å². The van der Waals surface area contributed by atoms with Crippen molar-refractivity contribution in [2.45, 2.75) is 6.92 Å². The molecule has 1 aromatic carbocycles. The lowest BCUT2D eigenvalue weighted by Crippen LogP contribution is -2.11. The standard InChI is InChI=1S/C11H11ClFN5/c1-6-10(15-5-16-11(6)18-14)17-8-4-2-3-7(12)9(8)13/h2-5H,14H2,1H3,(H2,15,16,17,18). The maximum absolute atomic E-state index is 13.7. The molecule has 1 heterocycles. The summed E-state index contributed by atoms with van der Waals surface area (Å²) in [6, 6.07) is 4.69. The predicted octanol–water partition coefficient (Wildman–Crippen LogP) is 2.61. The summed E-state index contributed by atoms with van der Waals surface area (Å²) >= 11 is 5.70. The van der Waals surface area contributed by atoms with Crippen LogP contribution in [0.2, 0.25) is 5.02 Å². The Kier molecular flexibility index (Phi) is 3.59. The smallest absolute Gasteiger partial charge is 0.165 e. The molecule has 2 aromatic rings. The van der Waals surface area contributed by atoms with Gasteiger partial charge in [-0.25, -0.2) is 20.2 Å². The molecule has 7 heteroatoms. The Balaban J connectivity index is 2.37. The molecule has 0 bridgehead atoms. The Morgan fingerprint density at radius 3 is 2.72 bits per heavy atom. The Morgan fingerprint density at radius 2 is 2.00 bits per heavy atom. The van der Waals surface area contributed by atoms with E-state index in [2.05, 4.69) is 20.7 Å². The molecule has 0 aliphatic carbocycles. The number of halogens is 2. The third-order valence-corrected chi connectivity index (χ3v) is 2.72. The van der Waals surface area contributed by atoms with Gasteiger partial charge < -0.3 is 10.7 Å². The number of hydrogen-bond donors (Lipinski definition) is 3. The van der Waals surface area contributed by atoms with Gasteiger partial charge in [0.2, 0.25) is 0 Å². The zero-order valence-corrected chi connectivity index (χ0v) is 10.3. The summed E-state index contributed by atoms with van der Waals surface area (Å²) in [7, 11) is 0. The van der Waals surface area contributed by atoms with Gasteiger partial charge >= 0.3 is 0 Å². The van der Waals surface area contributed by atoms with Gasteiger partial charge in [-0.15, -0.1) is 0 Å². The van der Waals surface area contributed by atoms with Crippen molar-refractivity contribution in [1.29, 1.82) is 0 Å². The van der Waals surface area contributed by atoms with E-state index in [9.17, 15) is 4.39 Å². The maximum Gasteiger partial charge on any atom is 0.165 e. The fourth-order valence-corrected chi connectivity index (χ4v) is 1.62. The molecule has 0 saturated heterocycles. The lowest BCUT2D eigenvalue weighted by atomic mass is 10.2. The number of hydrazine groups is 1. The fraction of sp³-hybridized carbons (Fsp3) is 0.0909. The van der Waals surface area contributed by atoms with E-state index in [1.807, 2.05) is 0 Å². The minimum Gasteiger partial charge on any atom is -0.337 e. The molecule has 0 unspecified atom stereocenters. The summed E-state index contributed by atoms with van der Waals surface area (Å²) in [5.74, 6) is 5.70. The summed E-state index contributed by atoms with van der Waals surface area (Å²) in [5.41, 5.74) is 3.36. The van der Waals surface area contributed by atoms with Crippen LogP contribution in [0.15, 0.2) is 24.5 Å². The molecule has 2 rings (SSSR count). The van der Waals surface area contributed by atoms with Gasteiger partial charge in [0.1, 0.15) is 18.0 Å². The first-order valence-corrected chi connectivity index (χ1v) is 5.50. The number of nitrogens with two attached hydrogens (primary N) is 1. The number of nitrogens with zero attached hydrogens (tertiary/aromatic N) is 2. The van der Waals surface area contributed by atoms with Crippen LogP contribution in [0.25, 0.3) is 0 Å². The highest BCUT2D eigenvalue weighted by Crippen LogP contribution is 2.27. The van der Waals surface area contributed by atoms with E-state index in [-0.39, 0.29) is 10.7 Å². The van der Waals surface area contributed by atoms with Gasteiger partial charge in [-0.2, -0.15) is 0 Å². The lowest BCUT2D eigenvalue weighted by Gasteiger charge is -2.11. The second kappa shape index (κ2) is 5.16. The number of anilines is 3. The van der Waals surface area contributed by atoms with Crippen LogP contribution in [0.5, 0.6) is 0 Å². The molecule has 1 aromatic heterocycles. The van der Waals surface area contributed by atoms with E-state index in [1.54, 1.807) is 19.1 Å². The summed E-state index contributed by atoms with van der Waals surface area (Å²) in [6.45, 7) is 1.76. The molecule has 0 aliphatic heterocycles. The minimum atomic E-state index is -0.528. The van der Waals surface area contributed by atoms with Crippen molar-refractivity contribution in [3.63, 3.8) is 0 Å². The van der Waals surface area contributed by atoms with Crippen molar-refractivity contribution in [2.24, 2.45) is 5.84 Å². The highest BCUT2D eigenvalue weighted by atomic mass is 35.5. The van der Waals surface area contributed by atoms with Crippen molar-refractivity contribution < 1.29 is 4.39 Å². The van der Waals surface area contributed by atoms with E-state index in [4.69, 9.17) is 17.4 Å². The van der Waals surface area contributed by atoms with E-state index in [0.29, 0.717) is 17.2 Å². The van der Waals surface area contributed by atoms with Crippen molar-refractivity contribution in [1.82, 2.24) is 9.97 Å². The van der Waals surface area contributed by atoms with Crippen molar-refractivity contribution >= 4 is 28.9 Å². The molecule has 0 spiro atoms. The van der Waals surface area contributed by atoms with Gasteiger partial charge in [0.25, 0.3) is 0 Å². The Hall–Kier alpha value is -1.92. The second-order valence-electron chi connectivity index (χ2n) is 3.57. The average Bonchev–Trinajstić information content (AvgIpc) is 2.37. The highest BCUT2D eigenvalue weighted by molar-refractivity contribution is 6.31. The number of rotatable bonds is 3. The molecule has 94 valence electrons. The fourth-order valence-electron chi connectivity index (χ4n) is 1.45. The summed E-state index contributed by atoms with van der Waals surface area (Å²) < 4.78 is 13.7. The quantitative estimate of drug-likeness (QED) is 0.589. The van der Waals surface area contributed by atoms with E-state index in [0.717, 1.165) is 0 Å². The SMILES string of the molecule is Cc1c(NN)ncnc1Nc1cccc(Cl)c1F. The van der Waals surface area contributed by atoms with E-state index < -0.39 is 5.82 Å². The van der Waals surface area contributed by atoms with E-state index in [1.165, 1.54) is 12.4 Å². The van der Waals surface area contributed by atoms with Crippen LogP contribution in [-0.2, 0) is 0 Å². The average molecular weight is 268 g/mol. The largest absolute Gasteiger partial charge is 0.337 e. The number of nitrogen functional groups attached to an aromatic ring is 1. The van der Waals surface area contributed by atoms with Gasteiger partial charge in [0.15, 0.2) is 5.82 Å². The number of aromatic nitrogens is 2. The molecule has 18 heavy (non-hydrogen) atoms. The van der Waals surface area contributed by atoms with Crippen LogP contribution in [0.3, 0.4) is 0 Å². The van der Waals surface area contributed by atoms with Gasteiger partial charge in [-0.05, 0) is 19.1 Å². The normalized spacial score (nSPS) is 10.2. The molecule has 0 fully saturated rings. The Labute approximate surface area is 108 Å². The minimum absolute atomic E-state index is 0.0453. The van der Waals surface area contributed by atoms with Gasteiger partial charge in [0, 0.05) is 5.56 Å². The van der Waals surface area contributed by atoms with Crippen molar-refractivity contribution in [2.75, 3.05) is 10.7 Å². The molecular formula is C11H11ClFN5. The molecule has 0 atom stereocenters. The third kappa shape index (κ3) is 2.34. The number of hydrogen-bond acceptors (Lipinski definition) is 5. The monoisotopic (exact) mass is 267 g/mol. The van der Waals surface area contributed by atoms with Crippen LogP contribution in [0, 0.1) is 12.7 Å². The summed E-state index contributed by atoms with van der Waals surface area (Å²) in [4.78, 5) is 7.96. The molecule has 5 nitrogen and oxygen atoms in total. The summed E-state index contributed by atoms with van der Waals surface area (Å²) in [6.07, 6.45) is 1.33. The molecule has 0 amide bonds. The van der Waals surface area contributed by atoms with Crippen LogP contribution in [0.4, 0.5) is 21.7 Å². The molecule has 0 radical (unpaired) electrons. The first-order valence-electron chi connectivity index (χ1n) is 5.12. The molecule has 0 aliphatic rings. The lowest BCUT2D eigenvalue weighted by molar-refractivity contribution is 0.632. The maximum atomic E-state index is 13.7. The number of nitrogens with one attached hydrogen (secondary N) is 2. The third-order valence-electron chi connectivity index (χ3n) is 2.43. The Morgan fingerprint density at radius 1 is 1.28 bits per heavy atom. The molecule has 0 saturated carbocycles. The van der Waals surface area contributed by atoms with Crippen LogP contribution in [-0.4, -0.2) is 9.97 Å². The second-order valence-corrected chi connectivity index (χ2v) is 3.97. The molecular weight excluding hydrogens is 257 g/mol. The van der Waals surface area contributed by atoms with Crippen molar-refractivity contribution in [3.05, 3.63) is 40.9 Å². The number of benzene rings is 1. The molecule has 4 N–H and O–H groups in total.